The Labute approximate surface area is 204 Å². The van der Waals surface area contributed by atoms with Crippen molar-refractivity contribution in [3.63, 3.8) is 0 Å². The molecule has 0 saturated carbocycles. The largest absolute Gasteiger partial charge is 0.339 e. The number of pyridine rings is 1. The molecule has 1 fully saturated rings. The Kier molecular flexibility index (Phi) is 6.02. The van der Waals surface area contributed by atoms with Crippen molar-refractivity contribution in [3.8, 4) is 0 Å². The number of nitrogens with one attached hydrogen (secondary N) is 1. The average molecular weight is 490 g/mol. The first-order chi connectivity index (χ1) is 16.8. The van der Waals surface area contributed by atoms with E-state index in [1.54, 1.807) is 29.2 Å². The molecule has 0 unspecified atom stereocenters. The number of anilines is 1. The zero-order valence-corrected chi connectivity index (χ0v) is 20.5. The number of hydrogen-bond donors (Lipinski definition) is 1. The van der Waals surface area contributed by atoms with Gasteiger partial charge in [0.05, 0.1) is 4.90 Å². The van der Waals surface area contributed by atoms with Gasteiger partial charge in [0.15, 0.2) is 5.65 Å². The van der Waals surface area contributed by atoms with Crippen LogP contribution in [0.4, 0.5) is 5.69 Å². The van der Waals surface area contributed by atoms with Crippen LogP contribution in [0.3, 0.4) is 0 Å². The third-order valence-corrected chi connectivity index (χ3v) is 7.89. The predicted molar refractivity (Wildman–Crippen MR) is 134 cm³/mol. The van der Waals surface area contributed by atoms with Crippen LogP contribution >= 0.6 is 0 Å². The molecular weight excluding hydrogens is 462 g/mol. The predicted octanol–water partition coefficient (Wildman–Crippen LogP) is 4.17. The van der Waals surface area contributed by atoms with Gasteiger partial charge < -0.3 is 4.90 Å². The Morgan fingerprint density at radius 2 is 1.77 bits per heavy atom. The summed E-state index contributed by atoms with van der Waals surface area (Å²) in [4.78, 5) is 15.3. The Morgan fingerprint density at radius 3 is 2.54 bits per heavy atom. The third kappa shape index (κ3) is 4.64. The summed E-state index contributed by atoms with van der Waals surface area (Å²) in [5.41, 5.74) is 3.40. The average Bonchev–Trinajstić information content (AvgIpc) is 3.28. The second-order valence-electron chi connectivity index (χ2n) is 9.01. The Morgan fingerprint density at radius 1 is 0.971 bits per heavy atom. The van der Waals surface area contributed by atoms with Crippen LogP contribution in [-0.2, 0) is 10.0 Å². The fourth-order valence-electron chi connectivity index (χ4n) is 4.57. The van der Waals surface area contributed by atoms with Gasteiger partial charge in [-0.1, -0.05) is 24.3 Å². The number of benzene rings is 2. The zero-order valence-electron chi connectivity index (χ0n) is 19.7. The van der Waals surface area contributed by atoms with E-state index >= 15 is 0 Å². The second-order valence-corrected chi connectivity index (χ2v) is 10.7. The number of carbonyl (C=O) groups excluding carboxylic acids is 1. The molecule has 1 amide bonds. The van der Waals surface area contributed by atoms with E-state index < -0.39 is 10.0 Å². The molecule has 0 bridgehead atoms. The third-order valence-electron chi connectivity index (χ3n) is 6.51. The SMILES string of the molecule is Cc1cccc(NS(=O)(=O)c2ccc(C)c(C(=O)N3CCC(c4nnc5ccccn45)CC3)c2)c1. The van der Waals surface area contributed by atoms with E-state index in [1.807, 2.05) is 48.7 Å². The lowest BCUT2D eigenvalue weighted by molar-refractivity contribution is 0.0710. The summed E-state index contributed by atoms with van der Waals surface area (Å²) in [5.74, 6) is 0.974. The van der Waals surface area contributed by atoms with Gasteiger partial charge in [0.1, 0.15) is 5.82 Å². The topological polar surface area (TPSA) is 96.7 Å². The first-order valence-electron chi connectivity index (χ1n) is 11.6. The number of likely N-dealkylation sites (tertiary alicyclic amines) is 1. The highest BCUT2D eigenvalue weighted by Crippen LogP contribution is 2.29. The van der Waals surface area contributed by atoms with E-state index in [-0.39, 0.29) is 16.7 Å². The Balaban J connectivity index is 1.32. The second kappa shape index (κ2) is 9.14. The highest BCUT2D eigenvalue weighted by Gasteiger charge is 2.28. The lowest BCUT2D eigenvalue weighted by atomic mass is 9.95. The maximum absolute atomic E-state index is 13.4. The summed E-state index contributed by atoms with van der Waals surface area (Å²) >= 11 is 0. The summed E-state index contributed by atoms with van der Waals surface area (Å²) < 4.78 is 30.6. The van der Waals surface area contributed by atoms with Crippen LogP contribution in [0.5, 0.6) is 0 Å². The van der Waals surface area contributed by atoms with Crippen molar-refractivity contribution in [1.82, 2.24) is 19.5 Å². The number of amides is 1. The molecule has 0 atom stereocenters. The van der Waals surface area contributed by atoms with Gasteiger partial charge in [-0.15, -0.1) is 10.2 Å². The van der Waals surface area contributed by atoms with Crippen LogP contribution in [0.25, 0.3) is 5.65 Å². The Bertz CT molecular complexity index is 1500. The molecule has 4 aromatic rings. The normalized spacial score (nSPS) is 14.9. The van der Waals surface area contributed by atoms with Gasteiger partial charge in [-0.2, -0.15) is 0 Å². The van der Waals surface area contributed by atoms with Crippen LogP contribution in [0.15, 0.2) is 71.8 Å². The number of rotatable bonds is 5. The summed E-state index contributed by atoms with van der Waals surface area (Å²) in [5, 5.41) is 8.62. The lowest BCUT2D eigenvalue weighted by Gasteiger charge is -2.31. The lowest BCUT2D eigenvalue weighted by Crippen LogP contribution is -2.38. The molecule has 8 nitrogen and oxygen atoms in total. The van der Waals surface area contributed by atoms with Gasteiger partial charge in [-0.05, 0) is 74.2 Å². The van der Waals surface area contributed by atoms with Gasteiger partial charge >= 0.3 is 0 Å². The fourth-order valence-corrected chi connectivity index (χ4v) is 5.65. The van der Waals surface area contributed by atoms with E-state index in [0.29, 0.717) is 24.3 Å². The molecule has 5 rings (SSSR count). The molecule has 0 spiro atoms. The molecule has 1 saturated heterocycles. The number of sulfonamides is 1. The van der Waals surface area contributed by atoms with Gasteiger partial charge in [0.25, 0.3) is 15.9 Å². The van der Waals surface area contributed by atoms with Gasteiger partial charge in [-0.25, -0.2) is 8.42 Å². The van der Waals surface area contributed by atoms with Crippen LogP contribution in [-0.4, -0.2) is 46.9 Å². The van der Waals surface area contributed by atoms with Crippen molar-refractivity contribution in [2.24, 2.45) is 0 Å². The quantitative estimate of drug-likeness (QED) is 0.454. The minimum Gasteiger partial charge on any atom is -0.339 e. The van der Waals surface area contributed by atoms with Crippen LogP contribution in [0, 0.1) is 13.8 Å². The van der Waals surface area contributed by atoms with Crippen molar-refractivity contribution in [1.29, 1.82) is 0 Å². The monoisotopic (exact) mass is 489 g/mol. The van der Waals surface area contributed by atoms with Crippen LogP contribution in [0.1, 0.15) is 46.1 Å². The number of nitrogens with zero attached hydrogens (tertiary/aromatic N) is 4. The van der Waals surface area contributed by atoms with E-state index in [2.05, 4.69) is 14.9 Å². The number of hydrogen-bond acceptors (Lipinski definition) is 5. The number of fused-ring (bicyclic) bond motifs is 1. The minimum atomic E-state index is -3.83. The number of piperidine rings is 1. The molecule has 9 heteroatoms. The van der Waals surface area contributed by atoms with Crippen LogP contribution < -0.4 is 4.72 Å². The highest BCUT2D eigenvalue weighted by molar-refractivity contribution is 7.92. The molecule has 3 heterocycles. The maximum atomic E-state index is 13.4. The number of aryl methyl sites for hydroxylation is 2. The first-order valence-corrected chi connectivity index (χ1v) is 13.1. The molecule has 180 valence electrons. The molecule has 0 aliphatic carbocycles. The van der Waals surface area contributed by atoms with E-state index in [4.69, 9.17) is 0 Å². The van der Waals surface area contributed by atoms with Gasteiger partial charge in [-0.3, -0.25) is 13.9 Å². The number of aromatic nitrogens is 3. The van der Waals surface area contributed by atoms with Crippen molar-refractivity contribution in [2.75, 3.05) is 17.8 Å². The van der Waals surface area contributed by atoms with E-state index in [0.717, 1.165) is 35.4 Å². The minimum absolute atomic E-state index is 0.0674. The van der Waals surface area contributed by atoms with Crippen molar-refractivity contribution in [2.45, 2.75) is 37.5 Å². The van der Waals surface area contributed by atoms with Crippen molar-refractivity contribution >= 4 is 27.3 Å². The molecule has 1 aliphatic rings. The fraction of sp³-hybridized carbons (Fsp3) is 0.269. The number of carbonyl (C=O) groups is 1. The molecule has 35 heavy (non-hydrogen) atoms. The van der Waals surface area contributed by atoms with Gasteiger partial charge in [0, 0.05) is 36.5 Å². The molecule has 0 radical (unpaired) electrons. The molecule has 1 aliphatic heterocycles. The molecule has 2 aromatic carbocycles. The van der Waals surface area contributed by atoms with E-state index in [1.165, 1.54) is 12.1 Å². The summed E-state index contributed by atoms with van der Waals surface area (Å²) in [6, 6.07) is 17.7. The van der Waals surface area contributed by atoms with Crippen molar-refractivity contribution in [3.05, 3.63) is 89.4 Å². The summed E-state index contributed by atoms with van der Waals surface area (Å²) in [7, 11) is -3.83. The van der Waals surface area contributed by atoms with Crippen LogP contribution in [0.2, 0.25) is 0 Å². The smallest absolute Gasteiger partial charge is 0.261 e. The first kappa shape index (κ1) is 23.0. The molecule has 2 aromatic heterocycles. The van der Waals surface area contributed by atoms with Gasteiger partial charge in [0.2, 0.25) is 0 Å². The molecule has 1 N–H and O–H groups in total. The highest BCUT2D eigenvalue weighted by atomic mass is 32.2. The maximum Gasteiger partial charge on any atom is 0.261 e. The molecular formula is C26H27N5O3S. The Hall–Kier alpha value is -3.72. The standard InChI is InChI=1S/C26H27N5O3S/c1-18-6-5-7-21(16-18)29-35(33,34)22-10-9-19(2)23(17-22)26(32)30-14-11-20(12-15-30)25-28-27-24-8-3-4-13-31(24)25/h3-10,13,16-17,20,29H,11-12,14-15H2,1-2H3. The van der Waals surface area contributed by atoms with E-state index in [9.17, 15) is 13.2 Å². The van der Waals surface area contributed by atoms with Crippen molar-refractivity contribution < 1.29 is 13.2 Å². The summed E-state index contributed by atoms with van der Waals surface area (Å²) in [6.07, 6.45) is 3.50. The summed E-state index contributed by atoms with van der Waals surface area (Å²) in [6.45, 7) is 4.87. The zero-order chi connectivity index (χ0) is 24.6.